The number of hydrogen-bond acceptors (Lipinski definition) is 4. The Balaban J connectivity index is 1.62. The first-order chi connectivity index (χ1) is 11.3. The molecule has 0 spiro atoms. The molecule has 0 bridgehead atoms. The van der Waals surface area contributed by atoms with E-state index in [1.165, 1.54) is 0 Å². The molecule has 5 nitrogen and oxygen atoms in total. The van der Waals surface area contributed by atoms with Crippen molar-refractivity contribution in [1.29, 1.82) is 0 Å². The molecule has 1 saturated heterocycles. The summed E-state index contributed by atoms with van der Waals surface area (Å²) >= 11 is 0. The number of nitrogens with zero attached hydrogens (tertiary/aromatic N) is 1. The third-order valence-electron chi connectivity index (χ3n) is 3.73. The van der Waals surface area contributed by atoms with Crippen molar-refractivity contribution in [3.63, 3.8) is 0 Å². The molecule has 5 heteroatoms. The quantitative estimate of drug-likeness (QED) is 0.922. The Morgan fingerprint density at radius 2 is 2.09 bits per heavy atom. The summed E-state index contributed by atoms with van der Waals surface area (Å²) in [5.74, 6) is 1.15. The highest BCUT2D eigenvalue weighted by Gasteiger charge is 2.21. The summed E-state index contributed by atoms with van der Waals surface area (Å²) in [6.45, 7) is 1.03. The topological polar surface area (TPSA) is 60.5 Å². The van der Waals surface area contributed by atoms with Gasteiger partial charge < -0.3 is 14.8 Å². The molecule has 3 rings (SSSR count). The Kier molecular flexibility index (Phi) is 5.21. The molecule has 1 atom stereocenters. The van der Waals surface area contributed by atoms with Crippen LogP contribution in [-0.4, -0.2) is 23.6 Å². The van der Waals surface area contributed by atoms with Gasteiger partial charge in [-0.05, 0) is 37.5 Å². The molecule has 1 amide bonds. The molecule has 1 aromatic carbocycles. The van der Waals surface area contributed by atoms with E-state index in [1.54, 1.807) is 6.20 Å². The fraction of sp³-hybridized carbons (Fsp3) is 0.333. The molecule has 1 aromatic heterocycles. The van der Waals surface area contributed by atoms with Gasteiger partial charge in [0.05, 0.1) is 0 Å². The second-order valence-corrected chi connectivity index (χ2v) is 5.46. The summed E-state index contributed by atoms with van der Waals surface area (Å²) in [6.07, 6.45) is 4.19. The summed E-state index contributed by atoms with van der Waals surface area (Å²) in [5, 5.41) is 2.91. The number of benzene rings is 1. The largest absolute Gasteiger partial charge is 0.439 e. The Labute approximate surface area is 135 Å². The van der Waals surface area contributed by atoms with E-state index in [0.29, 0.717) is 19.0 Å². The van der Waals surface area contributed by atoms with Crippen LogP contribution < -0.4 is 10.1 Å². The van der Waals surface area contributed by atoms with Gasteiger partial charge in [-0.3, -0.25) is 4.79 Å². The van der Waals surface area contributed by atoms with Crippen molar-refractivity contribution in [2.24, 2.45) is 0 Å². The van der Waals surface area contributed by atoms with Crippen LogP contribution in [0.15, 0.2) is 48.7 Å². The maximum absolute atomic E-state index is 12.1. The number of ether oxygens (including phenoxy) is 2. The van der Waals surface area contributed by atoms with E-state index in [-0.39, 0.29) is 12.0 Å². The Bertz CT molecular complexity index is 640. The van der Waals surface area contributed by atoms with Gasteiger partial charge in [0.15, 0.2) is 0 Å². The normalized spacial score (nSPS) is 17.5. The van der Waals surface area contributed by atoms with Crippen molar-refractivity contribution >= 4 is 5.91 Å². The molecule has 23 heavy (non-hydrogen) atoms. The van der Waals surface area contributed by atoms with E-state index in [2.05, 4.69) is 10.3 Å². The monoisotopic (exact) mass is 312 g/mol. The van der Waals surface area contributed by atoms with Crippen molar-refractivity contribution in [2.75, 3.05) is 6.61 Å². The molecule has 1 aliphatic rings. The van der Waals surface area contributed by atoms with E-state index >= 15 is 0 Å². The molecule has 0 saturated carbocycles. The summed E-state index contributed by atoms with van der Waals surface area (Å²) in [7, 11) is 0. The van der Waals surface area contributed by atoms with Gasteiger partial charge in [0.2, 0.25) is 11.8 Å². The van der Waals surface area contributed by atoms with E-state index in [4.69, 9.17) is 9.47 Å². The fourth-order valence-electron chi connectivity index (χ4n) is 2.49. The van der Waals surface area contributed by atoms with Crippen molar-refractivity contribution in [1.82, 2.24) is 10.3 Å². The third-order valence-corrected chi connectivity index (χ3v) is 3.73. The van der Waals surface area contributed by atoms with Crippen LogP contribution in [0.25, 0.3) is 0 Å². The number of para-hydroxylation sites is 1. The first-order valence-corrected chi connectivity index (χ1v) is 7.89. The molecule has 0 unspecified atom stereocenters. The Hall–Kier alpha value is -2.40. The average molecular weight is 312 g/mol. The summed E-state index contributed by atoms with van der Waals surface area (Å²) in [6, 6.07) is 13.2. The van der Waals surface area contributed by atoms with Crippen LogP contribution in [0, 0.1) is 0 Å². The van der Waals surface area contributed by atoms with E-state index in [9.17, 15) is 4.79 Å². The molecule has 0 aliphatic carbocycles. The minimum atomic E-state index is -0.334. The molecule has 120 valence electrons. The zero-order valence-electron chi connectivity index (χ0n) is 12.9. The lowest BCUT2D eigenvalue weighted by Gasteiger charge is -2.21. The lowest BCUT2D eigenvalue weighted by atomic mass is 10.1. The van der Waals surface area contributed by atoms with Gasteiger partial charge >= 0.3 is 0 Å². The summed E-state index contributed by atoms with van der Waals surface area (Å²) < 4.78 is 11.3. The van der Waals surface area contributed by atoms with Crippen LogP contribution in [-0.2, 0) is 16.1 Å². The molecule has 0 radical (unpaired) electrons. The van der Waals surface area contributed by atoms with E-state index < -0.39 is 0 Å². The number of pyridine rings is 1. The van der Waals surface area contributed by atoms with Gasteiger partial charge in [-0.1, -0.05) is 24.3 Å². The summed E-state index contributed by atoms with van der Waals surface area (Å²) in [5.41, 5.74) is 0.834. The number of rotatable bonds is 5. The van der Waals surface area contributed by atoms with Crippen LogP contribution in [0.4, 0.5) is 0 Å². The second-order valence-electron chi connectivity index (χ2n) is 5.46. The van der Waals surface area contributed by atoms with Crippen molar-refractivity contribution in [3.05, 3.63) is 54.2 Å². The number of carbonyl (C=O) groups excluding carboxylic acids is 1. The molecule has 1 N–H and O–H groups in total. The number of amides is 1. The van der Waals surface area contributed by atoms with Crippen molar-refractivity contribution in [2.45, 2.75) is 31.9 Å². The van der Waals surface area contributed by atoms with E-state index in [0.717, 1.165) is 30.6 Å². The first kappa shape index (κ1) is 15.5. The molecule has 1 fully saturated rings. The van der Waals surface area contributed by atoms with Gasteiger partial charge in [0.1, 0.15) is 11.9 Å². The number of carbonyl (C=O) groups is 1. The minimum Gasteiger partial charge on any atom is -0.439 e. The van der Waals surface area contributed by atoms with Gasteiger partial charge in [-0.25, -0.2) is 4.98 Å². The van der Waals surface area contributed by atoms with Crippen LogP contribution in [0.1, 0.15) is 24.8 Å². The van der Waals surface area contributed by atoms with Gasteiger partial charge in [0, 0.05) is 24.9 Å². The second kappa shape index (κ2) is 7.74. The average Bonchev–Trinajstić information content (AvgIpc) is 2.62. The maximum Gasteiger partial charge on any atom is 0.249 e. The fourth-order valence-corrected chi connectivity index (χ4v) is 2.49. The van der Waals surface area contributed by atoms with Gasteiger partial charge in [-0.2, -0.15) is 0 Å². The van der Waals surface area contributed by atoms with Crippen LogP contribution in [0.5, 0.6) is 11.6 Å². The molecule has 2 heterocycles. The summed E-state index contributed by atoms with van der Waals surface area (Å²) in [4.78, 5) is 16.4. The van der Waals surface area contributed by atoms with Crippen LogP contribution in [0.3, 0.4) is 0 Å². The highest BCUT2D eigenvalue weighted by atomic mass is 16.5. The van der Waals surface area contributed by atoms with Gasteiger partial charge in [0.25, 0.3) is 0 Å². The van der Waals surface area contributed by atoms with Crippen LogP contribution in [0.2, 0.25) is 0 Å². The minimum absolute atomic E-state index is 0.0702. The van der Waals surface area contributed by atoms with Crippen molar-refractivity contribution in [3.8, 4) is 11.6 Å². The smallest absolute Gasteiger partial charge is 0.249 e. The molecular formula is C18H20N2O3. The molecular weight excluding hydrogens is 292 g/mol. The highest BCUT2D eigenvalue weighted by molar-refractivity contribution is 5.80. The van der Waals surface area contributed by atoms with Crippen LogP contribution >= 0.6 is 0 Å². The Morgan fingerprint density at radius 1 is 1.22 bits per heavy atom. The zero-order valence-corrected chi connectivity index (χ0v) is 12.9. The number of hydrogen-bond donors (Lipinski definition) is 1. The molecule has 2 aromatic rings. The first-order valence-electron chi connectivity index (χ1n) is 7.89. The SMILES string of the molecule is O=C(NCc1cccnc1Oc1ccccc1)[C@@H]1CCCCO1. The van der Waals surface area contributed by atoms with Gasteiger partial charge in [-0.15, -0.1) is 0 Å². The zero-order chi connectivity index (χ0) is 15.9. The lowest BCUT2D eigenvalue weighted by molar-refractivity contribution is -0.135. The number of aromatic nitrogens is 1. The predicted octanol–water partition coefficient (Wildman–Crippen LogP) is 3.06. The third kappa shape index (κ3) is 4.29. The lowest BCUT2D eigenvalue weighted by Crippen LogP contribution is -2.38. The van der Waals surface area contributed by atoms with Crippen molar-refractivity contribution < 1.29 is 14.3 Å². The standard InChI is InChI=1S/C18H20N2O3/c21-17(16-10-4-5-12-22-16)20-13-14-7-6-11-19-18(14)23-15-8-2-1-3-9-15/h1-3,6-9,11,16H,4-5,10,12-13H2,(H,20,21)/t16-/m0/s1. The predicted molar refractivity (Wildman–Crippen MR) is 86.2 cm³/mol. The molecule has 1 aliphatic heterocycles. The highest BCUT2D eigenvalue weighted by Crippen LogP contribution is 2.22. The number of nitrogens with one attached hydrogen (secondary N) is 1. The Morgan fingerprint density at radius 3 is 2.87 bits per heavy atom. The maximum atomic E-state index is 12.1. The van der Waals surface area contributed by atoms with E-state index in [1.807, 2.05) is 42.5 Å².